The number of nitrogens with zero attached hydrogens (tertiary/aromatic N) is 4. The van der Waals surface area contributed by atoms with E-state index in [4.69, 9.17) is 14.7 Å². The van der Waals surface area contributed by atoms with Crippen LogP contribution in [0.1, 0.15) is 24.1 Å². The lowest BCUT2D eigenvalue weighted by Crippen LogP contribution is -2.09. The molecule has 0 atom stereocenters. The van der Waals surface area contributed by atoms with E-state index in [0.29, 0.717) is 31.1 Å². The van der Waals surface area contributed by atoms with Crippen LogP contribution in [0.15, 0.2) is 65.7 Å². The SMILES string of the molecule is Cc1ccc(S(=O)(=O)OCCc2cn(CCCCOc3ccc4nc(N)ccc4c3)nn2)cc1. The minimum absolute atomic E-state index is 0.0105. The molecule has 0 saturated carbocycles. The van der Waals surface area contributed by atoms with Gasteiger partial charge in [0.05, 0.1) is 29.3 Å². The molecule has 4 rings (SSSR count). The molecule has 0 saturated heterocycles. The van der Waals surface area contributed by atoms with E-state index in [0.717, 1.165) is 35.1 Å². The summed E-state index contributed by atoms with van der Waals surface area (Å²) in [5.41, 5.74) is 8.21. The van der Waals surface area contributed by atoms with Gasteiger partial charge in [0.1, 0.15) is 11.6 Å². The molecular formula is C24H27N5O4S. The molecule has 0 spiro atoms. The molecule has 10 heteroatoms. The molecule has 9 nitrogen and oxygen atoms in total. The van der Waals surface area contributed by atoms with Crippen molar-refractivity contribution in [3.05, 3.63) is 72.1 Å². The number of ether oxygens (including phenoxy) is 1. The molecule has 2 aromatic heterocycles. The summed E-state index contributed by atoms with van der Waals surface area (Å²) < 4.78 is 37.2. The normalized spacial score (nSPS) is 11.7. The van der Waals surface area contributed by atoms with Crippen LogP contribution in [0.3, 0.4) is 0 Å². The third kappa shape index (κ3) is 6.30. The zero-order valence-electron chi connectivity index (χ0n) is 18.9. The van der Waals surface area contributed by atoms with Crippen molar-refractivity contribution in [2.24, 2.45) is 0 Å². The molecule has 0 bridgehead atoms. The molecule has 0 amide bonds. The van der Waals surface area contributed by atoms with E-state index in [9.17, 15) is 8.42 Å². The van der Waals surface area contributed by atoms with Crippen LogP contribution < -0.4 is 10.5 Å². The summed E-state index contributed by atoms with van der Waals surface area (Å²) in [4.78, 5) is 4.43. The van der Waals surface area contributed by atoms with Crippen molar-refractivity contribution in [3.63, 3.8) is 0 Å². The number of nitrogens with two attached hydrogens (primary N) is 1. The molecule has 34 heavy (non-hydrogen) atoms. The van der Waals surface area contributed by atoms with Gasteiger partial charge in [0, 0.05) is 24.5 Å². The summed E-state index contributed by atoms with van der Waals surface area (Å²) in [7, 11) is -3.78. The highest BCUT2D eigenvalue weighted by molar-refractivity contribution is 7.86. The van der Waals surface area contributed by atoms with E-state index < -0.39 is 10.1 Å². The summed E-state index contributed by atoms with van der Waals surface area (Å²) in [6.07, 6.45) is 3.89. The van der Waals surface area contributed by atoms with Gasteiger partial charge >= 0.3 is 0 Å². The van der Waals surface area contributed by atoms with Crippen molar-refractivity contribution in [2.75, 3.05) is 18.9 Å². The molecule has 4 aromatic rings. The number of aryl methyl sites for hydroxylation is 2. The lowest BCUT2D eigenvalue weighted by molar-refractivity contribution is 0.302. The van der Waals surface area contributed by atoms with E-state index >= 15 is 0 Å². The summed E-state index contributed by atoms with van der Waals surface area (Å²) in [6.45, 7) is 3.18. The Morgan fingerprint density at radius 1 is 1.00 bits per heavy atom. The molecule has 0 aliphatic heterocycles. The van der Waals surface area contributed by atoms with Crippen LogP contribution in [-0.2, 0) is 27.3 Å². The highest BCUT2D eigenvalue weighted by atomic mass is 32.2. The molecular weight excluding hydrogens is 454 g/mol. The molecule has 0 aliphatic rings. The van der Waals surface area contributed by atoms with E-state index in [1.165, 1.54) is 12.1 Å². The van der Waals surface area contributed by atoms with Crippen molar-refractivity contribution < 1.29 is 17.3 Å². The molecule has 2 aromatic carbocycles. The Hall–Kier alpha value is -3.50. The average molecular weight is 482 g/mol. The summed E-state index contributed by atoms with van der Waals surface area (Å²) >= 11 is 0. The molecule has 2 N–H and O–H groups in total. The lowest BCUT2D eigenvalue weighted by atomic mass is 10.2. The Labute approximate surface area is 198 Å². The number of hydrogen-bond acceptors (Lipinski definition) is 8. The van der Waals surface area contributed by atoms with Crippen molar-refractivity contribution >= 4 is 26.8 Å². The number of pyridine rings is 1. The highest BCUT2D eigenvalue weighted by Crippen LogP contribution is 2.20. The second-order valence-electron chi connectivity index (χ2n) is 7.96. The summed E-state index contributed by atoms with van der Waals surface area (Å²) in [5, 5.41) is 9.18. The number of nitrogen functional groups attached to an aromatic ring is 1. The number of fused-ring (bicyclic) bond motifs is 1. The number of hydrogen-bond donors (Lipinski definition) is 1. The van der Waals surface area contributed by atoms with Gasteiger partial charge in [-0.15, -0.1) is 5.10 Å². The van der Waals surface area contributed by atoms with E-state index in [1.54, 1.807) is 22.9 Å². The number of rotatable bonds is 11. The second-order valence-corrected chi connectivity index (χ2v) is 9.57. The highest BCUT2D eigenvalue weighted by Gasteiger charge is 2.15. The van der Waals surface area contributed by atoms with Gasteiger partial charge in [0.15, 0.2) is 0 Å². The molecule has 178 valence electrons. The molecule has 2 heterocycles. The number of benzene rings is 2. The van der Waals surface area contributed by atoms with Crippen molar-refractivity contribution in [1.29, 1.82) is 0 Å². The Morgan fingerprint density at radius 2 is 1.82 bits per heavy atom. The first-order valence-corrected chi connectivity index (χ1v) is 12.4. The Morgan fingerprint density at radius 3 is 2.65 bits per heavy atom. The maximum absolute atomic E-state index is 12.2. The Bertz CT molecular complexity index is 1350. The average Bonchev–Trinajstić information content (AvgIpc) is 3.26. The maximum atomic E-state index is 12.2. The summed E-state index contributed by atoms with van der Waals surface area (Å²) in [5.74, 6) is 1.29. The first-order chi connectivity index (χ1) is 16.4. The van der Waals surface area contributed by atoms with Crippen LogP contribution in [0.4, 0.5) is 5.82 Å². The van der Waals surface area contributed by atoms with Crippen molar-refractivity contribution in [1.82, 2.24) is 20.0 Å². The Kier molecular flexibility index (Phi) is 7.39. The van der Waals surface area contributed by atoms with Crippen LogP contribution in [-0.4, -0.2) is 41.6 Å². The predicted molar refractivity (Wildman–Crippen MR) is 129 cm³/mol. The topological polar surface area (TPSA) is 122 Å². The maximum Gasteiger partial charge on any atom is 0.296 e. The third-order valence-electron chi connectivity index (χ3n) is 5.22. The Balaban J connectivity index is 1.16. The molecule has 0 fully saturated rings. The predicted octanol–water partition coefficient (Wildman–Crippen LogP) is 3.52. The third-order valence-corrected chi connectivity index (χ3v) is 6.55. The first kappa shape index (κ1) is 23.7. The van der Waals surface area contributed by atoms with Crippen LogP contribution in [0, 0.1) is 6.92 Å². The van der Waals surface area contributed by atoms with Crippen LogP contribution in [0.5, 0.6) is 5.75 Å². The number of unbranched alkanes of at least 4 members (excludes halogenated alkanes) is 1. The van der Waals surface area contributed by atoms with Crippen LogP contribution >= 0.6 is 0 Å². The minimum Gasteiger partial charge on any atom is -0.494 e. The van der Waals surface area contributed by atoms with Crippen molar-refractivity contribution in [2.45, 2.75) is 37.6 Å². The largest absolute Gasteiger partial charge is 0.494 e. The summed E-state index contributed by atoms with van der Waals surface area (Å²) in [6, 6.07) is 16.0. The van der Waals surface area contributed by atoms with E-state index in [-0.39, 0.29) is 11.5 Å². The monoisotopic (exact) mass is 481 g/mol. The lowest BCUT2D eigenvalue weighted by Gasteiger charge is -2.07. The molecule has 0 radical (unpaired) electrons. The van der Waals surface area contributed by atoms with Crippen LogP contribution in [0.2, 0.25) is 0 Å². The number of anilines is 1. The van der Waals surface area contributed by atoms with Gasteiger partial charge in [-0.1, -0.05) is 22.9 Å². The van der Waals surface area contributed by atoms with Crippen LogP contribution in [0.25, 0.3) is 10.9 Å². The van der Waals surface area contributed by atoms with Gasteiger partial charge in [0.2, 0.25) is 0 Å². The minimum atomic E-state index is -3.78. The molecule has 0 aliphatic carbocycles. The standard InChI is InChI=1S/C24H27N5O4S/c1-18-4-8-22(9-5-18)34(30,31)33-15-12-20-17-29(28-27-20)13-2-3-14-32-21-7-10-23-19(16-21)6-11-24(25)26-23/h4-11,16-17H,2-3,12-15H2,1H3,(H2,25,26). The van der Waals surface area contributed by atoms with Crippen molar-refractivity contribution in [3.8, 4) is 5.75 Å². The van der Waals surface area contributed by atoms with Gasteiger partial charge in [-0.3, -0.25) is 8.86 Å². The fourth-order valence-corrected chi connectivity index (χ4v) is 4.27. The fraction of sp³-hybridized carbons (Fsp3) is 0.292. The molecule has 0 unspecified atom stereocenters. The van der Waals surface area contributed by atoms with Gasteiger partial charge in [-0.25, -0.2) is 4.98 Å². The van der Waals surface area contributed by atoms with Gasteiger partial charge in [-0.05, 0) is 62.2 Å². The van der Waals surface area contributed by atoms with E-state index in [2.05, 4.69) is 15.3 Å². The fourth-order valence-electron chi connectivity index (χ4n) is 3.37. The second kappa shape index (κ2) is 10.6. The van der Waals surface area contributed by atoms with Gasteiger partial charge < -0.3 is 10.5 Å². The quantitative estimate of drug-likeness (QED) is 0.255. The zero-order chi connectivity index (χ0) is 24.0. The zero-order valence-corrected chi connectivity index (χ0v) is 19.7. The smallest absolute Gasteiger partial charge is 0.296 e. The first-order valence-electron chi connectivity index (χ1n) is 11.0. The van der Waals surface area contributed by atoms with Gasteiger partial charge in [-0.2, -0.15) is 8.42 Å². The van der Waals surface area contributed by atoms with E-state index in [1.807, 2.05) is 37.4 Å². The van der Waals surface area contributed by atoms with Gasteiger partial charge in [0.25, 0.3) is 10.1 Å². The number of aromatic nitrogens is 4.